The maximum Gasteiger partial charge on any atom is 0.193 e. The molecule has 0 aromatic heterocycles. The van der Waals surface area contributed by atoms with Crippen molar-refractivity contribution in [2.45, 2.75) is 6.92 Å². The molecule has 0 heterocycles. The molecule has 0 saturated heterocycles. The third-order valence-corrected chi connectivity index (χ3v) is 3.48. The van der Waals surface area contributed by atoms with Gasteiger partial charge < -0.3 is 4.74 Å². The lowest BCUT2D eigenvalue weighted by molar-refractivity contribution is 0.103. The van der Waals surface area contributed by atoms with Crippen LogP contribution in [0.1, 0.15) is 21.5 Å². The first-order valence-corrected chi connectivity index (χ1v) is 6.64. The van der Waals surface area contributed by atoms with Gasteiger partial charge in [-0.05, 0) is 77.5 Å². The Bertz CT molecular complexity index is 574. The lowest BCUT2D eigenvalue weighted by atomic mass is 10.0. The van der Waals surface area contributed by atoms with Crippen LogP contribution < -0.4 is 4.74 Å². The Balaban J connectivity index is 2.34. The van der Waals surface area contributed by atoms with E-state index in [0.29, 0.717) is 11.1 Å². The van der Waals surface area contributed by atoms with Crippen LogP contribution in [0.15, 0.2) is 42.5 Å². The fourth-order valence-electron chi connectivity index (χ4n) is 1.79. The first-order valence-electron chi connectivity index (χ1n) is 5.56. The molecule has 0 spiro atoms. The van der Waals surface area contributed by atoms with Crippen molar-refractivity contribution in [3.8, 4) is 5.75 Å². The fraction of sp³-hybridized carbons (Fsp3) is 0.133. The minimum Gasteiger partial charge on any atom is -0.496 e. The fourth-order valence-corrected chi connectivity index (χ4v) is 2.15. The molecular weight excluding hydrogens is 339 g/mol. The molecule has 3 heteroatoms. The summed E-state index contributed by atoms with van der Waals surface area (Å²) in [5.41, 5.74) is 2.36. The van der Waals surface area contributed by atoms with Gasteiger partial charge in [-0.1, -0.05) is 0 Å². The zero-order valence-corrected chi connectivity index (χ0v) is 12.4. The molecular formula is C15H13IO2. The SMILES string of the molecule is COc1ccc(C(=O)c2ccc(I)cc2)cc1C. The molecule has 0 radical (unpaired) electrons. The summed E-state index contributed by atoms with van der Waals surface area (Å²) in [6.07, 6.45) is 0. The van der Waals surface area contributed by atoms with E-state index in [-0.39, 0.29) is 5.78 Å². The van der Waals surface area contributed by atoms with Gasteiger partial charge in [-0.25, -0.2) is 0 Å². The molecule has 0 unspecified atom stereocenters. The lowest BCUT2D eigenvalue weighted by Crippen LogP contribution is -2.02. The van der Waals surface area contributed by atoms with Gasteiger partial charge in [0.2, 0.25) is 0 Å². The van der Waals surface area contributed by atoms with Gasteiger partial charge in [0.05, 0.1) is 7.11 Å². The highest BCUT2D eigenvalue weighted by Crippen LogP contribution is 2.20. The van der Waals surface area contributed by atoms with Crippen LogP contribution in [0.2, 0.25) is 0 Å². The number of hydrogen-bond donors (Lipinski definition) is 0. The Labute approximate surface area is 120 Å². The summed E-state index contributed by atoms with van der Waals surface area (Å²) in [6.45, 7) is 1.93. The van der Waals surface area contributed by atoms with Crippen LogP contribution in [0.4, 0.5) is 0 Å². The summed E-state index contributed by atoms with van der Waals surface area (Å²) in [4.78, 5) is 12.3. The third kappa shape index (κ3) is 2.72. The van der Waals surface area contributed by atoms with Gasteiger partial charge in [-0.15, -0.1) is 0 Å². The average Bonchev–Trinajstić information content (AvgIpc) is 2.38. The van der Waals surface area contributed by atoms with Crippen LogP contribution in [0.3, 0.4) is 0 Å². The predicted octanol–water partition coefficient (Wildman–Crippen LogP) is 3.84. The number of ether oxygens (including phenoxy) is 1. The van der Waals surface area contributed by atoms with Crippen molar-refractivity contribution < 1.29 is 9.53 Å². The van der Waals surface area contributed by atoms with Gasteiger partial charge in [0, 0.05) is 14.7 Å². The highest BCUT2D eigenvalue weighted by atomic mass is 127. The second-order valence-electron chi connectivity index (χ2n) is 4.02. The van der Waals surface area contributed by atoms with Crippen molar-refractivity contribution in [1.82, 2.24) is 0 Å². The Hall–Kier alpha value is -1.36. The number of halogens is 1. The molecule has 18 heavy (non-hydrogen) atoms. The van der Waals surface area contributed by atoms with E-state index in [1.54, 1.807) is 13.2 Å². The second-order valence-corrected chi connectivity index (χ2v) is 5.27. The third-order valence-electron chi connectivity index (χ3n) is 2.76. The molecule has 0 aliphatic heterocycles. The molecule has 0 atom stereocenters. The van der Waals surface area contributed by atoms with Gasteiger partial charge in [0.15, 0.2) is 5.78 Å². The van der Waals surface area contributed by atoms with Gasteiger partial charge in [-0.3, -0.25) is 4.79 Å². The number of carbonyl (C=O) groups is 1. The van der Waals surface area contributed by atoms with Crippen LogP contribution >= 0.6 is 22.6 Å². The number of carbonyl (C=O) groups excluding carboxylic acids is 1. The number of rotatable bonds is 3. The first kappa shape index (κ1) is 13.1. The van der Waals surface area contributed by atoms with Gasteiger partial charge in [0.25, 0.3) is 0 Å². The van der Waals surface area contributed by atoms with Crippen LogP contribution in [-0.2, 0) is 0 Å². The number of aryl methyl sites for hydroxylation is 1. The zero-order valence-electron chi connectivity index (χ0n) is 10.2. The summed E-state index contributed by atoms with van der Waals surface area (Å²) in [5, 5.41) is 0. The van der Waals surface area contributed by atoms with Crippen LogP contribution in [0.25, 0.3) is 0 Å². The summed E-state index contributed by atoms with van der Waals surface area (Å²) in [5.74, 6) is 0.839. The minimum atomic E-state index is 0.0390. The minimum absolute atomic E-state index is 0.0390. The Morgan fingerprint density at radius 1 is 1.06 bits per heavy atom. The van der Waals surface area contributed by atoms with Crippen LogP contribution in [0.5, 0.6) is 5.75 Å². The number of benzene rings is 2. The molecule has 2 rings (SSSR count). The molecule has 0 amide bonds. The molecule has 2 aromatic rings. The maximum absolute atomic E-state index is 12.3. The Kier molecular flexibility index (Phi) is 4.01. The molecule has 2 nitrogen and oxygen atoms in total. The molecule has 0 aliphatic rings. The van der Waals surface area contributed by atoms with Crippen molar-refractivity contribution in [2.75, 3.05) is 7.11 Å². The number of ketones is 1. The van der Waals surface area contributed by atoms with Gasteiger partial charge >= 0.3 is 0 Å². The van der Waals surface area contributed by atoms with Crippen molar-refractivity contribution in [1.29, 1.82) is 0 Å². The predicted molar refractivity (Wildman–Crippen MR) is 80.3 cm³/mol. The van der Waals surface area contributed by atoms with Crippen molar-refractivity contribution >= 4 is 28.4 Å². The second kappa shape index (κ2) is 5.52. The Morgan fingerprint density at radius 3 is 2.22 bits per heavy atom. The van der Waals surface area contributed by atoms with E-state index in [1.165, 1.54) is 0 Å². The Morgan fingerprint density at radius 2 is 1.67 bits per heavy atom. The standard InChI is InChI=1S/C15H13IO2/c1-10-9-12(5-8-14(10)18-2)15(17)11-3-6-13(16)7-4-11/h3-9H,1-2H3. The molecule has 0 N–H and O–H groups in total. The topological polar surface area (TPSA) is 26.3 Å². The number of hydrogen-bond acceptors (Lipinski definition) is 2. The molecule has 92 valence electrons. The summed E-state index contributed by atoms with van der Waals surface area (Å²) in [7, 11) is 1.63. The maximum atomic E-state index is 12.3. The first-order chi connectivity index (χ1) is 8.61. The highest BCUT2D eigenvalue weighted by molar-refractivity contribution is 14.1. The monoisotopic (exact) mass is 352 g/mol. The van der Waals surface area contributed by atoms with E-state index in [1.807, 2.05) is 43.3 Å². The quantitative estimate of drug-likeness (QED) is 0.620. The summed E-state index contributed by atoms with van der Waals surface area (Å²) in [6, 6.07) is 13.1. The van der Waals surface area contributed by atoms with E-state index < -0.39 is 0 Å². The molecule has 0 bridgehead atoms. The molecule has 2 aromatic carbocycles. The molecule has 0 aliphatic carbocycles. The zero-order chi connectivity index (χ0) is 13.1. The highest BCUT2D eigenvalue weighted by Gasteiger charge is 2.10. The molecule has 0 saturated carbocycles. The van der Waals surface area contributed by atoms with Crippen LogP contribution in [0, 0.1) is 10.5 Å². The van der Waals surface area contributed by atoms with E-state index >= 15 is 0 Å². The summed E-state index contributed by atoms with van der Waals surface area (Å²) >= 11 is 2.22. The van der Waals surface area contributed by atoms with Gasteiger partial charge in [0.1, 0.15) is 5.75 Å². The number of methoxy groups -OCH3 is 1. The smallest absolute Gasteiger partial charge is 0.193 e. The van der Waals surface area contributed by atoms with Crippen molar-refractivity contribution in [2.24, 2.45) is 0 Å². The largest absolute Gasteiger partial charge is 0.496 e. The van der Waals surface area contributed by atoms with Crippen LogP contribution in [-0.4, -0.2) is 12.9 Å². The summed E-state index contributed by atoms with van der Waals surface area (Å²) < 4.78 is 6.31. The normalized spacial score (nSPS) is 10.2. The average molecular weight is 352 g/mol. The molecule has 0 fully saturated rings. The van der Waals surface area contributed by atoms with Crippen molar-refractivity contribution in [3.63, 3.8) is 0 Å². The lowest BCUT2D eigenvalue weighted by Gasteiger charge is -2.07. The van der Waals surface area contributed by atoms with Gasteiger partial charge in [-0.2, -0.15) is 0 Å². The van der Waals surface area contributed by atoms with E-state index in [9.17, 15) is 4.79 Å². The van der Waals surface area contributed by atoms with E-state index in [0.717, 1.165) is 14.9 Å². The van der Waals surface area contributed by atoms with E-state index in [4.69, 9.17) is 4.74 Å². The van der Waals surface area contributed by atoms with E-state index in [2.05, 4.69) is 22.6 Å². The van der Waals surface area contributed by atoms with Crippen molar-refractivity contribution in [3.05, 3.63) is 62.7 Å².